The molecule has 5 nitrogen and oxygen atoms in total. The van der Waals surface area contributed by atoms with Crippen molar-refractivity contribution in [3.63, 3.8) is 0 Å². The molecular weight excluding hydrogens is 268 g/mol. The van der Waals surface area contributed by atoms with E-state index in [0.29, 0.717) is 16.6 Å². The summed E-state index contributed by atoms with van der Waals surface area (Å²) < 4.78 is 0. The minimum absolute atomic E-state index is 0.322. The zero-order valence-corrected chi connectivity index (χ0v) is 11.1. The molecule has 0 aliphatic carbocycles. The number of benzene rings is 3. The molecular formula is C16H14N2O3. The Balaban J connectivity index is 0.000000194. The summed E-state index contributed by atoms with van der Waals surface area (Å²) in [6.07, 6.45) is 0. The van der Waals surface area contributed by atoms with Crippen LogP contribution in [0.25, 0.3) is 10.8 Å². The highest BCUT2D eigenvalue weighted by atomic mass is 16.6. The third kappa shape index (κ3) is 3.77. The molecule has 21 heavy (non-hydrogen) atoms. The molecule has 3 aromatic carbocycles. The molecule has 0 aliphatic heterocycles. The number of para-hydroxylation sites is 1. The maximum absolute atomic E-state index is 10.2. The maximum atomic E-state index is 10.2. The Hall–Kier alpha value is -2.92. The lowest BCUT2D eigenvalue weighted by atomic mass is 10.1. The van der Waals surface area contributed by atoms with E-state index in [2.05, 4.69) is 5.29 Å². The lowest BCUT2D eigenvalue weighted by molar-refractivity contribution is 0.259. The lowest BCUT2D eigenvalue weighted by Crippen LogP contribution is -2.07. The van der Waals surface area contributed by atoms with Crippen molar-refractivity contribution in [2.75, 3.05) is 5.17 Å². The first kappa shape index (κ1) is 14.5. The maximum Gasteiger partial charge on any atom is 0.115 e. The number of hydrogen-bond donors (Lipinski definition) is 2. The van der Waals surface area contributed by atoms with Gasteiger partial charge < -0.3 is 5.11 Å². The first-order chi connectivity index (χ1) is 10.2. The van der Waals surface area contributed by atoms with Crippen molar-refractivity contribution in [3.8, 4) is 5.75 Å². The fraction of sp³-hybridized carbons (Fsp3) is 0. The van der Waals surface area contributed by atoms with Crippen LogP contribution in [-0.4, -0.2) is 10.3 Å². The normalized spacial score (nSPS) is 9.57. The first-order valence-electron chi connectivity index (χ1n) is 6.26. The second-order valence-electron chi connectivity index (χ2n) is 4.20. The van der Waals surface area contributed by atoms with E-state index in [1.54, 1.807) is 36.4 Å². The van der Waals surface area contributed by atoms with Gasteiger partial charge in [0.25, 0.3) is 0 Å². The Bertz CT molecular complexity index is 712. The van der Waals surface area contributed by atoms with Gasteiger partial charge in [-0.25, -0.2) is 0 Å². The molecule has 0 heterocycles. The summed E-state index contributed by atoms with van der Waals surface area (Å²) in [6, 6.07) is 21.4. The molecule has 0 aliphatic rings. The van der Waals surface area contributed by atoms with Gasteiger partial charge in [-0.1, -0.05) is 54.6 Å². The second-order valence-corrected chi connectivity index (χ2v) is 4.20. The highest BCUT2D eigenvalue weighted by molar-refractivity contribution is 5.93. The van der Waals surface area contributed by atoms with Crippen LogP contribution >= 0.6 is 0 Å². The minimum Gasteiger partial charge on any atom is -0.508 e. The molecule has 3 aromatic rings. The Kier molecular flexibility index (Phi) is 4.84. The molecule has 5 heteroatoms. The summed E-state index contributed by atoms with van der Waals surface area (Å²) in [5.41, 5.74) is 0.387. The largest absolute Gasteiger partial charge is 0.508 e. The average molecular weight is 282 g/mol. The van der Waals surface area contributed by atoms with E-state index in [1.807, 2.05) is 36.4 Å². The average Bonchev–Trinajstić information content (AvgIpc) is 2.55. The molecule has 3 rings (SSSR count). The van der Waals surface area contributed by atoms with Crippen LogP contribution in [0.2, 0.25) is 0 Å². The topological polar surface area (TPSA) is 73.1 Å². The number of aromatic hydroxyl groups is 1. The van der Waals surface area contributed by atoms with E-state index in [4.69, 9.17) is 5.11 Å². The fourth-order valence-corrected chi connectivity index (χ4v) is 1.85. The first-order valence-corrected chi connectivity index (χ1v) is 6.26. The summed E-state index contributed by atoms with van der Waals surface area (Å²) in [5, 5.41) is 22.3. The summed E-state index contributed by atoms with van der Waals surface area (Å²) in [4.78, 5) is 10.2. The van der Waals surface area contributed by atoms with E-state index in [-0.39, 0.29) is 0 Å². The van der Waals surface area contributed by atoms with Crippen molar-refractivity contribution in [2.45, 2.75) is 0 Å². The summed E-state index contributed by atoms with van der Waals surface area (Å²) in [7, 11) is 0. The van der Waals surface area contributed by atoms with Gasteiger partial charge in [0, 0.05) is 5.39 Å². The molecule has 0 unspecified atom stereocenters. The van der Waals surface area contributed by atoms with Crippen molar-refractivity contribution in [1.29, 1.82) is 0 Å². The molecule has 2 N–H and O–H groups in total. The molecule has 0 saturated carbocycles. The van der Waals surface area contributed by atoms with E-state index in [1.165, 1.54) is 0 Å². The number of hydrogen-bond acceptors (Lipinski definition) is 4. The van der Waals surface area contributed by atoms with Gasteiger partial charge in [0.2, 0.25) is 0 Å². The predicted octanol–water partition coefficient (Wildman–Crippen LogP) is 4.11. The lowest BCUT2D eigenvalue weighted by Gasteiger charge is -2.09. The van der Waals surface area contributed by atoms with Gasteiger partial charge in [-0.05, 0) is 23.6 Å². The summed E-state index contributed by atoms with van der Waals surface area (Å²) >= 11 is 0. The summed E-state index contributed by atoms with van der Waals surface area (Å²) in [6.45, 7) is 0. The Morgan fingerprint density at radius 2 is 1.43 bits per heavy atom. The molecule has 0 radical (unpaired) electrons. The number of phenols is 1. The Labute approximate surface area is 121 Å². The highest BCUT2D eigenvalue weighted by Crippen LogP contribution is 2.25. The van der Waals surface area contributed by atoms with Gasteiger partial charge in [0.1, 0.15) is 11.4 Å². The van der Waals surface area contributed by atoms with Crippen LogP contribution in [0.15, 0.2) is 78.1 Å². The number of nitrogens with zero attached hydrogens (tertiary/aromatic N) is 2. The van der Waals surface area contributed by atoms with Gasteiger partial charge in [-0.3, -0.25) is 5.21 Å². The Morgan fingerprint density at radius 3 is 2.05 bits per heavy atom. The van der Waals surface area contributed by atoms with Crippen LogP contribution in [0.4, 0.5) is 5.69 Å². The number of phenolic OH excluding ortho intramolecular Hbond substituents is 1. The van der Waals surface area contributed by atoms with Crippen LogP contribution in [0, 0.1) is 4.91 Å². The predicted molar refractivity (Wildman–Crippen MR) is 82.1 cm³/mol. The van der Waals surface area contributed by atoms with E-state index in [9.17, 15) is 10.1 Å². The zero-order chi connectivity index (χ0) is 15.1. The molecule has 0 fully saturated rings. The zero-order valence-electron chi connectivity index (χ0n) is 11.1. The minimum atomic E-state index is 0.322. The molecule has 0 spiro atoms. The third-order valence-corrected chi connectivity index (χ3v) is 2.82. The van der Waals surface area contributed by atoms with Crippen molar-refractivity contribution in [2.24, 2.45) is 5.29 Å². The third-order valence-electron chi connectivity index (χ3n) is 2.82. The Morgan fingerprint density at radius 1 is 0.810 bits per heavy atom. The molecule has 0 aromatic heterocycles. The van der Waals surface area contributed by atoms with Gasteiger partial charge in [-0.15, -0.1) is 10.1 Å². The SMILES string of the molecule is O=NN(O)c1cccc2ccccc12.Oc1ccccc1. The smallest absolute Gasteiger partial charge is 0.115 e. The molecule has 0 atom stereocenters. The standard InChI is InChI=1S/C10H8N2O2.C6H6O/c13-11-12(14)10-7-3-5-8-4-1-2-6-9(8)10;7-6-4-2-1-3-5-6/h1-7,14H;1-5,7H. The van der Waals surface area contributed by atoms with E-state index < -0.39 is 0 Å². The molecule has 0 amide bonds. The van der Waals surface area contributed by atoms with Crippen LogP contribution < -0.4 is 5.17 Å². The number of fused-ring (bicyclic) bond motifs is 1. The highest BCUT2D eigenvalue weighted by Gasteiger charge is 2.06. The van der Waals surface area contributed by atoms with Crippen LogP contribution in [-0.2, 0) is 0 Å². The molecule has 106 valence electrons. The monoisotopic (exact) mass is 282 g/mol. The van der Waals surface area contributed by atoms with Crippen LogP contribution in [0.3, 0.4) is 0 Å². The van der Waals surface area contributed by atoms with Crippen LogP contribution in [0.1, 0.15) is 0 Å². The molecule has 0 bridgehead atoms. The number of anilines is 1. The van der Waals surface area contributed by atoms with Crippen LogP contribution in [0.5, 0.6) is 5.75 Å². The van der Waals surface area contributed by atoms with Gasteiger partial charge in [0.15, 0.2) is 0 Å². The number of rotatable bonds is 2. The number of nitroso groups, excluding NO2 is 1. The van der Waals surface area contributed by atoms with E-state index >= 15 is 0 Å². The van der Waals surface area contributed by atoms with Crippen molar-refractivity contribution < 1.29 is 10.3 Å². The van der Waals surface area contributed by atoms with Crippen molar-refractivity contribution >= 4 is 16.5 Å². The van der Waals surface area contributed by atoms with Gasteiger partial charge in [0.05, 0.1) is 5.29 Å². The molecule has 0 saturated heterocycles. The van der Waals surface area contributed by atoms with Gasteiger partial charge in [-0.2, -0.15) is 0 Å². The van der Waals surface area contributed by atoms with Gasteiger partial charge >= 0.3 is 0 Å². The summed E-state index contributed by atoms with van der Waals surface area (Å²) in [5.74, 6) is 0.322. The quantitative estimate of drug-likeness (QED) is 0.548. The second kappa shape index (κ2) is 7.02. The van der Waals surface area contributed by atoms with Crippen molar-refractivity contribution in [3.05, 3.63) is 77.7 Å². The van der Waals surface area contributed by atoms with E-state index in [0.717, 1.165) is 10.8 Å². The fourth-order valence-electron chi connectivity index (χ4n) is 1.85. The van der Waals surface area contributed by atoms with Crippen molar-refractivity contribution in [1.82, 2.24) is 0 Å².